The van der Waals surface area contributed by atoms with Crippen molar-refractivity contribution >= 4 is 17.2 Å². The molecule has 2 heterocycles. The van der Waals surface area contributed by atoms with Gasteiger partial charge in [-0.25, -0.2) is 0 Å². The SMILES string of the molecule is Cc1nnc(CCNC(=O)c2ccc(-c3nc(C)c(C)cc3C#N)cc2)s1. The lowest BCUT2D eigenvalue weighted by Gasteiger charge is -2.09. The standard InChI is InChI=1S/C20H19N5OS/c1-12-10-17(11-21)19(23-13(12)2)15-4-6-16(7-5-15)20(26)22-9-8-18-25-24-14(3)27-18/h4-7,10H,8-9H2,1-3H3,(H,22,26). The minimum atomic E-state index is -0.142. The zero-order valence-electron chi connectivity index (χ0n) is 15.4. The second-order valence-electron chi connectivity index (χ2n) is 6.20. The molecule has 0 atom stereocenters. The average Bonchev–Trinajstić information content (AvgIpc) is 3.08. The Kier molecular flexibility index (Phi) is 5.57. The minimum absolute atomic E-state index is 0.142. The summed E-state index contributed by atoms with van der Waals surface area (Å²) in [6.45, 7) is 6.26. The largest absolute Gasteiger partial charge is 0.352 e. The van der Waals surface area contributed by atoms with Gasteiger partial charge >= 0.3 is 0 Å². The second-order valence-corrected chi connectivity index (χ2v) is 7.46. The fraction of sp³-hybridized carbons (Fsp3) is 0.250. The summed E-state index contributed by atoms with van der Waals surface area (Å²) in [5.41, 5.74) is 4.42. The fourth-order valence-corrected chi connectivity index (χ4v) is 3.32. The highest BCUT2D eigenvalue weighted by Crippen LogP contribution is 2.23. The van der Waals surface area contributed by atoms with Crippen LogP contribution in [0.3, 0.4) is 0 Å². The van der Waals surface area contributed by atoms with Crippen LogP contribution in [0, 0.1) is 32.1 Å². The van der Waals surface area contributed by atoms with Gasteiger partial charge < -0.3 is 5.32 Å². The van der Waals surface area contributed by atoms with E-state index in [0.29, 0.717) is 29.8 Å². The zero-order chi connectivity index (χ0) is 19.4. The van der Waals surface area contributed by atoms with Gasteiger partial charge in [-0.3, -0.25) is 9.78 Å². The van der Waals surface area contributed by atoms with E-state index in [1.165, 1.54) is 11.3 Å². The highest BCUT2D eigenvalue weighted by atomic mass is 32.1. The van der Waals surface area contributed by atoms with E-state index < -0.39 is 0 Å². The van der Waals surface area contributed by atoms with E-state index in [9.17, 15) is 10.1 Å². The first-order valence-electron chi connectivity index (χ1n) is 8.54. The third-order valence-electron chi connectivity index (χ3n) is 4.20. The summed E-state index contributed by atoms with van der Waals surface area (Å²) in [5.74, 6) is -0.142. The summed E-state index contributed by atoms with van der Waals surface area (Å²) in [4.78, 5) is 16.8. The summed E-state index contributed by atoms with van der Waals surface area (Å²) < 4.78 is 0. The van der Waals surface area contributed by atoms with Gasteiger partial charge in [0.05, 0.1) is 11.3 Å². The number of hydrogen-bond acceptors (Lipinski definition) is 6. The van der Waals surface area contributed by atoms with E-state index in [4.69, 9.17) is 0 Å². The molecule has 0 aliphatic heterocycles. The Morgan fingerprint density at radius 1 is 1.19 bits per heavy atom. The number of nitriles is 1. The van der Waals surface area contributed by atoms with Crippen molar-refractivity contribution in [3.8, 4) is 17.3 Å². The first kappa shape index (κ1) is 18.7. The molecule has 6 nitrogen and oxygen atoms in total. The van der Waals surface area contributed by atoms with Crippen molar-refractivity contribution in [1.29, 1.82) is 5.26 Å². The van der Waals surface area contributed by atoms with E-state index >= 15 is 0 Å². The molecule has 0 aliphatic carbocycles. The molecule has 0 saturated carbocycles. The van der Waals surface area contributed by atoms with Gasteiger partial charge in [-0.05, 0) is 44.5 Å². The smallest absolute Gasteiger partial charge is 0.251 e. The summed E-state index contributed by atoms with van der Waals surface area (Å²) >= 11 is 1.53. The van der Waals surface area contributed by atoms with Gasteiger partial charge in [0, 0.05) is 29.8 Å². The monoisotopic (exact) mass is 377 g/mol. The Balaban J connectivity index is 1.69. The molecule has 0 fully saturated rings. The molecule has 136 valence electrons. The van der Waals surface area contributed by atoms with E-state index in [2.05, 4.69) is 26.6 Å². The number of carbonyl (C=O) groups excluding carboxylic acids is 1. The summed E-state index contributed by atoms with van der Waals surface area (Å²) in [7, 11) is 0. The third-order valence-corrected chi connectivity index (χ3v) is 5.10. The Labute approximate surface area is 161 Å². The zero-order valence-corrected chi connectivity index (χ0v) is 16.2. The van der Waals surface area contributed by atoms with Crippen LogP contribution in [-0.4, -0.2) is 27.6 Å². The van der Waals surface area contributed by atoms with Crippen LogP contribution in [-0.2, 0) is 6.42 Å². The molecule has 0 aliphatic rings. The van der Waals surface area contributed by atoms with E-state index in [1.54, 1.807) is 12.1 Å². The van der Waals surface area contributed by atoms with Gasteiger partial charge in [0.25, 0.3) is 5.91 Å². The predicted molar refractivity (Wildman–Crippen MR) is 105 cm³/mol. The van der Waals surface area contributed by atoms with Crippen LogP contribution in [0.4, 0.5) is 0 Å². The molecule has 2 aromatic heterocycles. The van der Waals surface area contributed by atoms with Crippen molar-refractivity contribution in [2.75, 3.05) is 6.54 Å². The number of carbonyl (C=O) groups is 1. The van der Waals surface area contributed by atoms with Crippen LogP contribution in [0.5, 0.6) is 0 Å². The number of hydrogen-bond donors (Lipinski definition) is 1. The summed E-state index contributed by atoms with van der Waals surface area (Å²) in [6.07, 6.45) is 0.660. The van der Waals surface area contributed by atoms with E-state index in [0.717, 1.165) is 26.8 Å². The first-order chi connectivity index (χ1) is 13.0. The number of pyridine rings is 1. The summed E-state index contributed by atoms with van der Waals surface area (Å²) in [5, 5.41) is 22.1. The van der Waals surface area contributed by atoms with E-state index in [-0.39, 0.29) is 5.91 Å². The molecule has 1 amide bonds. The molecule has 0 radical (unpaired) electrons. The molecule has 7 heteroatoms. The molecular formula is C20H19N5OS. The molecule has 0 saturated heterocycles. The number of rotatable bonds is 5. The predicted octanol–water partition coefficient (Wildman–Crippen LogP) is 3.37. The summed E-state index contributed by atoms with van der Waals surface area (Å²) in [6, 6.07) is 11.2. The average molecular weight is 377 g/mol. The molecule has 27 heavy (non-hydrogen) atoms. The van der Waals surface area contributed by atoms with Crippen LogP contribution in [0.25, 0.3) is 11.3 Å². The van der Waals surface area contributed by atoms with Gasteiger partial charge in [-0.1, -0.05) is 12.1 Å². The molecule has 1 N–H and O–H groups in total. The van der Waals surface area contributed by atoms with Crippen LogP contribution in [0.1, 0.15) is 37.2 Å². The Morgan fingerprint density at radius 3 is 2.56 bits per heavy atom. The number of nitrogens with zero attached hydrogens (tertiary/aromatic N) is 4. The fourth-order valence-electron chi connectivity index (χ4n) is 2.61. The lowest BCUT2D eigenvalue weighted by Crippen LogP contribution is -2.25. The van der Waals surface area contributed by atoms with Crippen LogP contribution >= 0.6 is 11.3 Å². The van der Waals surface area contributed by atoms with Crippen molar-refractivity contribution in [2.24, 2.45) is 0 Å². The Morgan fingerprint density at radius 2 is 1.93 bits per heavy atom. The lowest BCUT2D eigenvalue weighted by molar-refractivity contribution is 0.0954. The molecule has 0 bridgehead atoms. The van der Waals surface area contributed by atoms with Gasteiger partial charge in [-0.2, -0.15) is 5.26 Å². The van der Waals surface area contributed by atoms with E-state index in [1.807, 2.05) is 39.0 Å². The third kappa shape index (κ3) is 4.36. The number of aromatic nitrogens is 3. The molecular weight excluding hydrogens is 358 g/mol. The van der Waals surface area contributed by atoms with Gasteiger partial charge in [0.15, 0.2) is 0 Å². The van der Waals surface area contributed by atoms with Crippen molar-refractivity contribution in [3.63, 3.8) is 0 Å². The van der Waals surface area contributed by atoms with Crippen molar-refractivity contribution in [1.82, 2.24) is 20.5 Å². The quantitative estimate of drug-likeness (QED) is 0.736. The van der Waals surface area contributed by atoms with Crippen LogP contribution in [0.2, 0.25) is 0 Å². The topological polar surface area (TPSA) is 91.6 Å². The Hall–Kier alpha value is -3.11. The molecule has 1 aromatic carbocycles. The van der Waals surface area contributed by atoms with Crippen molar-refractivity contribution in [2.45, 2.75) is 27.2 Å². The minimum Gasteiger partial charge on any atom is -0.352 e. The Bertz CT molecular complexity index is 1020. The highest BCUT2D eigenvalue weighted by Gasteiger charge is 2.11. The normalized spacial score (nSPS) is 10.4. The maximum Gasteiger partial charge on any atom is 0.251 e. The number of benzene rings is 1. The highest BCUT2D eigenvalue weighted by molar-refractivity contribution is 7.11. The second kappa shape index (κ2) is 8.06. The van der Waals surface area contributed by atoms with Gasteiger partial charge in [-0.15, -0.1) is 21.5 Å². The van der Waals surface area contributed by atoms with Crippen LogP contribution < -0.4 is 5.32 Å². The molecule has 0 unspecified atom stereocenters. The first-order valence-corrected chi connectivity index (χ1v) is 9.35. The number of nitrogens with one attached hydrogen (secondary N) is 1. The number of aryl methyl sites for hydroxylation is 3. The maximum absolute atomic E-state index is 12.3. The van der Waals surface area contributed by atoms with Gasteiger partial charge in [0.1, 0.15) is 16.1 Å². The van der Waals surface area contributed by atoms with Crippen molar-refractivity contribution in [3.05, 3.63) is 62.7 Å². The van der Waals surface area contributed by atoms with Crippen molar-refractivity contribution < 1.29 is 4.79 Å². The van der Waals surface area contributed by atoms with Gasteiger partial charge in [0.2, 0.25) is 0 Å². The lowest BCUT2D eigenvalue weighted by atomic mass is 10.0. The molecule has 0 spiro atoms. The number of amides is 1. The molecule has 3 aromatic rings. The van der Waals surface area contributed by atoms with Crippen LogP contribution in [0.15, 0.2) is 30.3 Å². The molecule has 3 rings (SSSR count). The maximum atomic E-state index is 12.3.